The fourth-order valence-electron chi connectivity index (χ4n) is 0.776. The van der Waals surface area contributed by atoms with Gasteiger partial charge in [-0.05, 0) is 6.92 Å². The number of thiophene rings is 1. The maximum Gasteiger partial charge on any atom is 0.308 e. The molecule has 0 atom stereocenters. The summed E-state index contributed by atoms with van der Waals surface area (Å²) < 4.78 is 4.80. The Morgan fingerprint density at radius 1 is 1.33 bits per heavy atom. The van der Waals surface area contributed by atoms with Gasteiger partial charge in [-0.2, -0.15) is 0 Å². The lowest BCUT2D eigenvalue weighted by atomic mass is 10.2. The third-order valence-electron chi connectivity index (χ3n) is 1.26. The molecule has 0 amide bonds. The smallest absolute Gasteiger partial charge is 0.308 e. The number of hydrogen-bond acceptors (Lipinski definition) is 4. The monoisotopic (exact) mass is 184 g/mol. The lowest BCUT2D eigenvalue weighted by Crippen LogP contribution is -2.03. The Morgan fingerprint density at radius 3 is 2.50 bits per heavy atom. The summed E-state index contributed by atoms with van der Waals surface area (Å²) in [5.41, 5.74) is 0.468. The number of esters is 1. The van der Waals surface area contributed by atoms with E-state index in [1.807, 2.05) is 0 Å². The average Bonchev–Trinajstić information content (AvgIpc) is 2.33. The number of ether oxygens (including phenoxy) is 1. The Labute approximate surface area is 74.0 Å². The van der Waals surface area contributed by atoms with Gasteiger partial charge in [-0.1, -0.05) is 0 Å². The zero-order valence-corrected chi connectivity index (χ0v) is 7.60. The number of carbonyl (C=O) groups is 2. The molecule has 0 saturated heterocycles. The van der Waals surface area contributed by atoms with Gasteiger partial charge in [0, 0.05) is 17.7 Å². The van der Waals surface area contributed by atoms with Crippen molar-refractivity contribution in [3.63, 3.8) is 0 Å². The van der Waals surface area contributed by atoms with Crippen molar-refractivity contribution in [2.24, 2.45) is 0 Å². The van der Waals surface area contributed by atoms with Crippen LogP contribution >= 0.6 is 11.3 Å². The zero-order valence-electron chi connectivity index (χ0n) is 6.79. The van der Waals surface area contributed by atoms with Gasteiger partial charge in [-0.15, -0.1) is 11.3 Å². The van der Waals surface area contributed by atoms with E-state index in [9.17, 15) is 9.59 Å². The highest BCUT2D eigenvalue weighted by Gasteiger charge is 2.10. The Hall–Kier alpha value is -1.16. The predicted octanol–water partition coefficient (Wildman–Crippen LogP) is 1.88. The second-order valence-electron chi connectivity index (χ2n) is 2.30. The van der Waals surface area contributed by atoms with Crippen LogP contribution in [0.3, 0.4) is 0 Å². The summed E-state index contributed by atoms with van der Waals surface area (Å²) in [5.74, 6) is -0.136. The number of ketones is 1. The quantitative estimate of drug-likeness (QED) is 0.520. The van der Waals surface area contributed by atoms with Gasteiger partial charge in [0.15, 0.2) is 11.5 Å². The summed E-state index contributed by atoms with van der Waals surface area (Å²) in [6.45, 7) is 2.75. The molecule has 0 unspecified atom stereocenters. The SMILES string of the molecule is CC(=O)Oc1cscc1C(C)=O. The van der Waals surface area contributed by atoms with Crippen LogP contribution in [-0.2, 0) is 4.79 Å². The van der Waals surface area contributed by atoms with E-state index in [0.717, 1.165) is 0 Å². The van der Waals surface area contributed by atoms with E-state index in [0.29, 0.717) is 11.3 Å². The van der Waals surface area contributed by atoms with E-state index in [1.165, 1.54) is 25.2 Å². The molecule has 0 fully saturated rings. The summed E-state index contributed by atoms with van der Waals surface area (Å²) >= 11 is 1.34. The van der Waals surface area contributed by atoms with Crippen LogP contribution in [0.15, 0.2) is 10.8 Å². The average molecular weight is 184 g/mol. The zero-order chi connectivity index (χ0) is 9.14. The largest absolute Gasteiger partial charge is 0.425 e. The molecule has 1 aromatic rings. The molecule has 0 aliphatic carbocycles. The molecule has 0 spiro atoms. The highest BCUT2D eigenvalue weighted by atomic mass is 32.1. The first-order valence-electron chi connectivity index (χ1n) is 3.37. The molecule has 64 valence electrons. The van der Waals surface area contributed by atoms with Crippen molar-refractivity contribution in [1.82, 2.24) is 0 Å². The summed E-state index contributed by atoms with van der Waals surface area (Å²) in [6.07, 6.45) is 0. The summed E-state index contributed by atoms with van der Waals surface area (Å²) in [4.78, 5) is 21.5. The Balaban J connectivity index is 2.91. The van der Waals surface area contributed by atoms with E-state index in [1.54, 1.807) is 10.8 Å². The second kappa shape index (κ2) is 3.49. The number of rotatable bonds is 2. The van der Waals surface area contributed by atoms with Crippen molar-refractivity contribution < 1.29 is 14.3 Å². The first-order valence-corrected chi connectivity index (χ1v) is 4.31. The fourth-order valence-corrected chi connectivity index (χ4v) is 1.56. The third-order valence-corrected chi connectivity index (χ3v) is 1.98. The third kappa shape index (κ3) is 1.92. The highest BCUT2D eigenvalue weighted by Crippen LogP contribution is 2.23. The van der Waals surface area contributed by atoms with Crippen LogP contribution in [0.25, 0.3) is 0 Å². The maximum atomic E-state index is 10.9. The molecule has 0 bridgehead atoms. The van der Waals surface area contributed by atoms with Crippen LogP contribution in [0.5, 0.6) is 5.75 Å². The number of hydrogen-bond donors (Lipinski definition) is 0. The molecule has 1 heterocycles. The van der Waals surface area contributed by atoms with Gasteiger partial charge in [-0.25, -0.2) is 0 Å². The van der Waals surface area contributed by atoms with Crippen molar-refractivity contribution in [2.45, 2.75) is 13.8 Å². The molecule has 12 heavy (non-hydrogen) atoms. The molecule has 0 radical (unpaired) electrons. The summed E-state index contributed by atoms with van der Waals surface area (Å²) in [6, 6.07) is 0. The summed E-state index contributed by atoms with van der Waals surface area (Å²) in [7, 11) is 0. The standard InChI is InChI=1S/C8H8O3S/c1-5(9)7-3-12-4-8(7)11-6(2)10/h3-4H,1-2H3. The Bertz CT molecular complexity index is 314. The minimum Gasteiger partial charge on any atom is -0.425 e. The molecule has 0 aliphatic rings. The first kappa shape index (κ1) is 8.93. The van der Waals surface area contributed by atoms with Crippen molar-refractivity contribution in [2.75, 3.05) is 0 Å². The minimum atomic E-state index is -0.407. The molecule has 0 aliphatic heterocycles. The van der Waals surface area contributed by atoms with Crippen LogP contribution in [0, 0.1) is 0 Å². The molecule has 0 saturated carbocycles. The van der Waals surface area contributed by atoms with Crippen LogP contribution in [0.2, 0.25) is 0 Å². The van der Waals surface area contributed by atoms with Gasteiger partial charge in [0.1, 0.15) is 0 Å². The van der Waals surface area contributed by atoms with Gasteiger partial charge in [-0.3, -0.25) is 9.59 Å². The Kier molecular flexibility index (Phi) is 2.60. The second-order valence-corrected chi connectivity index (χ2v) is 3.04. The van der Waals surface area contributed by atoms with E-state index in [4.69, 9.17) is 4.74 Å². The number of Topliss-reactive ketones (excluding diaryl/α,β-unsaturated/α-hetero) is 1. The van der Waals surface area contributed by atoms with Crippen LogP contribution in [0.1, 0.15) is 24.2 Å². The predicted molar refractivity (Wildman–Crippen MR) is 45.6 cm³/mol. The topological polar surface area (TPSA) is 43.4 Å². The van der Waals surface area contributed by atoms with E-state index >= 15 is 0 Å². The van der Waals surface area contributed by atoms with Crippen molar-refractivity contribution in [1.29, 1.82) is 0 Å². The van der Waals surface area contributed by atoms with Gasteiger partial charge in [0.2, 0.25) is 0 Å². The van der Waals surface area contributed by atoms with Gasteiger partial charge in [0.05, 0.1) is 5.56 Å². The first-order chi connectivity index (χ1) is 5.61. The van der Waals surface area contributed by atoms with E-state index in [2.05, 4.69) is 0 Å². The highest BCUT2D eigenvalue weighted by molar-refractivity contribution is 7.08. The van der Waals surface area contributed by atoms with Gasteiger partial charge >= 0.3 is 5.97 Å². The molecule has 0 N–H and O–H groups in total. The lowest BCUT2D eigenvalue weighted by Gasteiger charge is -1.98. The van der Waals surface area contributed by atoms with Crippen molar-refractivity contribution in [3.8, 4) is 5.75 Å². The van der Waals surface area contributed by atoms with E-state index < -0.39 is 5.97 Å². The van der Waals surface area contributed by atoms with Gasteiger partial charge in [0.25, 0.3) is 0 Å². The molecule has 3 nitrogen and oxygen atoms in total. The normalized spacial score (nSPS) is 9.50. The van der Waals surface area contributed by atoms with Crippen LogP contribution in [0.4, 0.5) is 0 Å². The molecule has 0 aromatic carbocycles. The molecular formula is C8H8O3S. The molecule has 1 aromatic heterocycles. The number of carbonyl (C=O) groups excluding carboxylic acids is 2. The Morgan fingerprint density at radius 2 is 2.00 bits per heavy atom. The summed E-state index contributed by atoms with van der Waals surface area (Å²) in [5, 5.41) is 3.30. The molecule has 4 heteroatoms. The minimum absolute atomic E-state index is 0.0903. The molecule has 1 rings (SSSR count). The van der Waals surface area contributed by atoms with Crippen molar-refractivity contribution >= 4 is 23.1 Å². The van der Waals surface area contributed by atoms with E-state index in [-0.39, 0.29) is 5.78 Å². The van der Waals surface area contributed by atoms with Gasteiger partial charge < -0.3 is 4.74 Å². The fraction of sp³-hybridized carbons (Fsp3) is 0.250. The van der Waals surface area contributed by atoms with Crippen LogP contribution in [-0.4, -0.2) is 11.8 Å². The van der Waals surface area contributed by atoms with Crippen LogP contribution < -0.4 is 4.74 Å². The molecular weight excluding hydrogens is 176 g/mol. The van der Waals surface area contributed by atoms with Crippen molar-refractivity contribution in [3.05, 3.63) is 16.3 Å². The maximum absolute atomic E-state index is 10.9. The lowest BCUT2D eigenvalue weighted by molar-refractivity contribution is -0.131.